The predicted octanol–water partition coefficient (Wildman–Crippen LogP) is 0.334. The number of nitrogens with one attached hydrogen (secondary N) is 1. The van der Waals surface area contributed by atoms with Gasteiger partial charge < -0.3 is 4.74 Å². The van der Waals surface area contributed by atoms with Crippen LogP contribution in [0.4, 0.5) is 0 Å². The van der Waals surface area contributed by atoms with Crippen LogP contribution in [0.5, 0.6) is 0 Å². The van der Waals surface area contributed by atoms with E-state index in [9.17, 15) is 4.79 Å². The number of amides is 1. The first-order valence-corrected chi connectivity index (χ1v) is 5.91. The molecule has 3 N–H and O–H groups in total. The van der Waals surface area contributed by atoms with Gasteiger partial charge in [0.05, 0.1) is 19.3 Å². The summed E-state index contributed by atoms with van der Waals surface area (Å²) in [5.41, 5.74) is 2.48. The average molecular weight is 255 g/mol. The Balaban J connectivity index is 2.24. The SMILES string of the molecule is CC(C)(C)CCOCCn1cc(C(=O)NN)nn1. The number of carbonyl (C=O) groups excluding carboxylic acids is 1. The Morgan fingerprint density at radius 3 is 2.83 bits per heavy atom. The summed E-state index contributed by atoms with van der Waals surface area (Å²) < 4.78 is 7.05. The van der Waals surface area contributed by atoms with Gasteiger partial charge in [0.1, 0.15) is 0 Å². The van der Waals surface area contributed by atoms with Gasteiger partial charge in [-0.2, -0.15) is 0 Å². The lowest BCUT2D eigenvalue weighted by atomic mass is 9.93. The zero-order valence-corrected chi connectivity index (χ0v) is 11.1. The number of rotatable bonds is 6. The maximum Gasteiger partial charge on any atom is 0.287 e. The molecule has 0 fully saturated rings. The van der Waals surface area contributed by atoms with Gasteiger partial charge in [-0.3, -0.25) is 10.2 Å². The molecule has 0 aliphatic rings. The van der Waals surface area contributed by atoms with Gasteiger partial charge >= 0.3 is 0 Å². The number of hydrazine groups is 1. The van der Waals surface area contributed by atoms with E-state index in [4.69, 9.17) is 10.6 Å². The van der Waals surface area contributed by atoms with Crippen molar-refractivity contribution in [3.05, 3.63) is 11.9 Å². The van der Waals surface area contributed by atoms with Crippen molar-refractivity contribution < 1.29 is 9.53 Å². The van der Waals surface area contributed by atoms with E-state index in [1.807, 2.05) is 5.43 Å². The molecule has 1 rings (SSSR count). The number of nitrogens with two attached hydrogens (primary N) is 1. The van der Waals surface area contributed by atoms with E-state index in [0.29, 0.717) is 19.8 Å². The van der Waals surface area contributed by atoms with Crippen molar-refractivity contribution in [2.24, 2.45) is 11.3 Å². The van der Waals surface area contributed by atoms with Crippen LogP contribution in [0.15, 0.2) is 6.20 Å². The van der Waals surface area contributed by atoms with E-state index in [2.05, 4.69) is 31.1 Å². The number of hydrogen-bond acceptors (Lipinski definition) is 5. The largest absolute Gasteiger partial charge is 0.380 e. The topological polar surface area (TPSA) is 95.1 Å². The highest BCUT2D eigenvalue weighted by Crippen LogP contribution is 2.17. The third kappa shape index (κ3) is 5.24. The molecule has 0 aliphatic carbocycles. The van der Waals surface area contributed by atoms with Crippen LogP contribution in [0.1, 0.15) is 37.7 Å². The maximum atomic E-state index is 11.1. The Morgan fingerprint density at radius 1 is 1.50 bits per heavy atom. The molecular weight excluding hydrogens is 234 g/mol. The Bertz CT molecular complexity index is 383. The molecule has 0 bridgehead atoms. The van der Waals surface area contributed by atoms with Gasteiger partial charge in [0.2, 0.25) is 0 Å². The quantitative estimate of drug-likeness (QED) is 0.331. The van der Waals surface area contributed by atoms with Gasteiger partial charge in [-0.15, -0.1) is 5.10 Å². The van der Waals surface area contributed by atoms with Gasteiger partial charge in [-0.05, 0) is 11.8 Å². The van der Waals surface area contributed by atoms with Gasteiger partial charge in [-0.1, -0.05) is 26.0 Å². The number of nitrogens with zero attached hydrogens (tertiary/aromatic N) is 3. The Morgan fingerprint density at radius 2 is 2.22 bits per heavy atom. The summed E-state index contributed by atoms with van der Waals surface area (Å²) in [5.74, 6) is 4.54. The highest BCUT2D eigenvalue weighted by atomic mass is 16.5. The summed E-state index contributed by atoms with van der Waals surface area (Å²) >= 11 is 0. The number of ether oxygens (including phenoxy) is 1. The normalized spacial score (nSPS) is 11.6. The lowest BCUT2D eigenvalue weighted by molar-refractivity contribution is 0.0947. The molecule has 1 heterocycles. The Hall–Kier alpha value is -1.47. The minimum absolute atomic E-state index is 0.201. The van der Waals surface area contributed by atoms with E-state index >= 15 is 0 Å². The van der Waals surface area contributed by atoms with Crippen LogP contribution in [0.25, 0.3) is 0 Å². The molecule has 0 atom stereocenters. The monoisotopic (exact) mass is 255 g/mol. The number of hydrogen-bond donors (Lipinski definition) is 2. The minimum atomic E-state index is -0.449. The van der Waals surface area contributed by atoms with E-state index in [1.54, 1.807) is 4.68 Å². The Labute approximate surface area is 107 Å². The van der Waals surface area contributed by atoms with Crippen molar-refractivity contribution in [1.29, 1.82) is 0 Å². The lowest BCUT2D eigenvalue weighted by Gasteiger charge is -2.17. The van der Waals surface area contributed by atoms with Crippen LogP contribution in [0.2, 0.25) is 0 Å². The van der Waals surface area contributed by atoms with E-state index in [-0.39, 0.29) is 11.1 Å². The van der Waals surface area contributed by atoms with Gasteiger partial charge in [0.25, 0.3) is 5.91 Å². The van der Waals surface area contributed by atoms with Crippen LogP contribution in [0.3, 0.4) is 0 Å². The maximum absolute atomic E-state index is 11.1. The molecule has 0 aromatic carbocycles. The molecule has 0 spiro atoms. The molecule has 102 valence electrons. The van der Waals surface area contributed by atoms with Crippen molar-refractivity contribution in [2.75, 3.05) is 13.2 Å². The Kier molecular flexibility index (Phi) is 5.24. The first-order chi connectivity index (χ1) is 8.42. The second-order valence-corrected chi connectivity index (χ2v) is 5.26. The van der Waals surface area contributed by atoms with Crippen molar-refractivity contribution >= 4 is 5.91 Å². The molecule has 7 nitrogen and oxygen atoms in total. The lowest BCUT2D eigenvalue weighted by Crippen LogP contribution is -2.30. The number of carbonyl (C=O) groups is 1. The molecule has 0 saturated heterocycles. The van der Waals surface area contributed by atoms with Gasteiger partial charge in [0.15, 0.2) is 5.69 Å². The molecule has 1 amide bonds. The van der Waals surface area contributed by atoms with Crippen molar-refractivity contribution in [3.63, 3.8) is 0 Å². The molecule has 0 radical (unpaired) electrons. The fraction of sp³-hybridized carbons (Fsp3) is 0.727. The van der Waals surface area contributed by atoms with E-state index < -0.39 is 5.91 Å². The number of aromatic nitrogens is 3. The number of nitrogen functional groups attached to an aromatic ring is 1. The molecule has 7 heteroatoms. The van der Waals surface area contributed by atoms with Crippen molar-refractivity contribution in [2.45, 2.75) is 33.7 Å². The summed E-state index contributed by atoms with van der Waals surface area (Å²) in [6.07, 6.45) is 2.54. The second-order valence-electron chi connectivity index (χ2n) is 5.26. The predicted molar refractivity (Wildman–Crippen MR) is 66.6 cm³/mol. The average Bonchev–Trinajstić information content (AvgIpc) is 2.75. The molecule has 18 heavy (non-hydrogen) atoms. The molecular formula is C11H21N5O2. The van der Waals surface area contributed by atoms with Gasteiger partial charge in [0, 0.05) is 6.61 Å². The molecule has 0 aliphatic heterocycles. The second kappa shape index (κ2) is 6.46. The first-order valence-electron chi connectivity index (χ1n) is 5.91. The summed E-state index contributed by atoms with van der Waals surface area (Å²) in [7, 11) is 0. The van der Waals surface area contributed by atoms with Crippen molar-refractivity contribution in [1.82, 2.24) is 20.4 Å². The standard InChI is InChI=1S/C11H21N5O2/c1-11(2,3)4-6-18-7-5-16-8-9(14-15-16)10(17)13-12/h8H,4-7,12H2,1-3H3,(H,13,17). The molecule has 1 aromatic heterocycles. The van der Waals surface area contributed by atoms with Crippen LogP contribution >= 0.6 is 0 Å². The van der Waals surface area contributed by atoms with E-state index in [1.165, 1.54) is 6.20 Å². The summed E-state index contributed by atoms with van der Waals surface area (Å²) in [6, 6.07) is 0. The van der Waals surface area contributed by atoms with E-state index in [0.717, 1.165) is 6.42 Å². The van der Waals surface area contributed by atoms with Gasteiger partial charge in [-0.25, -0.2) is 10.5 Å². The fourth-order valence-corrected chi connectivity index (χ4v) is 1.22. The van der Waals surface area contributed by atoms with Crippen LogP contribution in [-0.2, 0) is 11.3 Å². The van der Waals surface area contributed by atoms with Crippen molar-refractivity contribution in [3.8, 4) is 0 Å². The minimum Gasteiger partial charge on any atom is -0.380 e. The van der Waals surface area contributed by atoms with Crippen LogP contribution in [-0.4, -0.2) is 34.1 Å². The molecule has 1 aromatic rings. The molecule has 0 unspecified atom stereocenters. The highest BCUT2D eigenvalue weighted by molar-refractivity contribution is 5.91. The smallest absolute Gasteiger partial charge is 0.287 e. The fourth-order valence-electron chi connectivity index (χ4n) is 1.22. The highest BCUT2D eigenvalue weighted by Gasteiger charge is 2.10. The first kappa shape index (κ1) is 14.6. The third-order valence-corrected chi connectivity index (χ3v) is 2.36. The molecule has 0 saturated carbocycles. The zero-order valence-electron chi connectivity index (χ0n) is 11.1. The summed E-state index contributed by atoms with van der Waals surface area (Å²) in [6.45, 7) is 8.34. The third-order valence-electron chi connectivity index (χ3n) is 2.36. The van der Waals surface area contributed by atoms with Crippen LogP contribution < -0.4 is 11.3 Å². The van der Waals surface area contributed by atoms with Crippen LogP contribution in [0, 0.1) is 5.41 Å². The summed E-state index contributed by atoms with van der Waals surface area (Å²) in [4.78, 5) is 11.1. The summed E-state index contributed by atoms with van der Waals surface area (Å²) in [5, 5.41) is 7.49. The zero-order chi connectivity index (χ0) is 13.6.